The van der Waals surface area contributed by atoms with E-state index in [-0.39, 0.29) is 0 Å². The first-order valence-electron chi connectivity index (χ1n) is 6.91. The fourth-order valence-corrected chi connectivity index (χ4v) is 6.23. The Labute approximate surface area is 139 Å². The summed E-state index contributed by atoms with van der Waals surface area (Å²) in [6.45, 7) is 5.82. The summed E-state index contributed by atoms with van der Waals surface area (Å²) < 4.78 is 28.1. The molecule has 0 saturated carbocycles. The summed E-state index contributed by atoms with van der Waals surface area (Å²) in [5.74, 6) is 0.854. The Kier molecular flexibility index (Phi) is 5.76. The molecule has 1 fully saturated rings. The van der Waals surface area contributed by atoms with Crippen LogP contribution in [0.1, 0.15) is 18.1 Å². The number of benzene rings is 1. The zero-order chi connectivity index (χ0) is 15.6. The van der Waals surface area contributed by atoms with Crippen molar-refractivity contribution in [3.8, 4) is 0 Å². The molecule has 0 amide bonds. The van der Waals surface area contributed by atoms with Gasteiger partial charge in [-0.05, 0) is 47.1 Å². The molecule has 1 aliphatic rings. The molecule has 7 heteroatoms. The van der Waals surface area contributed by atoms with Gasteiger partial charge >= 0.3 is 0 Å². The quantitative estimate of drug-likeness (QED) is 0.855. The van der Waals surface area contributed by atoms with E-state index in [4.69, 9.17) is 0 Å². The number of thioether (sulfide) groups is 1. The Hall–Kier alpha value is -0.0800. The van der Waals surface area contributed by atoms with Crippen LogP contribution in [0.25, 0.3) is 0 Å². The van der Waals surface area contributed by atoms with E-state index in [2.05, 4.69) is 28.2 Å². The molecule has 2 rings (SSSR count). The van der Waals surface area contributed by atoms with Gasteiger partial charge in [-0.1, -0.05) is 13.0 Å². The van der Waals surface area contributed by atoms with Crippen molar-refractivity contribution in [2.24, 2.45) is 0 Å². The van der Waals surface area contributed by atoms with E-state index < -0.39 is 10.0 Å². The summed E-state index contributed by atoms with van der Waals surface area (Å²) >= 11 is 5.28. The third-order valence-electron chi connectivity index (χ3n) is 3.48. The monoisotopic (exact) mass is 392 g/mol. The Morgan fingerprint density at radius 3 is 2.81 bits per heavy atom. The summed E-state index contributed by atoms with van der Waals surface area (Å²) in [6.07, 6.45) is 0. The van der Waals surface area contributed by atoms with Crippen molar-refractivity contribution >= 4 is 37.7 Å². The number of nitrogens with one attached hydrogen (secondary N) is 1. The number of hydrogen-bond donors (Lipinski definition) is 1. The zero-order valence-corrected chi connectivity index (χ0v) is 15.7. The minimum Gasteiger partial charge on any atom is -0.316 e. The van der Waals surface area contributed by atoms with Gasteiger partial charge in [0.1, 0.15) is 0 Å². The maximum Gasteiger partial charge on any atom is 0.244 e. The second-order valence-electron chi connectivity index (χ2n) is 5.30. The highest BCUT2D eigenvalue weighted by Crippen LogP contribution is 2.31. The van der Waals surface area contributed by atoms with Gasteiger partial charge in [0.25, 0.3) is 0 Å². The van der Waals surface area contributed by atoms with Gasteiger partial charge in [-0.2, -0.15) is 16.1 Å². The molecule has 1 aromatic carbocycles. The van der Waals surface area contributed by atoms with Crippen LogP contribution >= 0.6 is 27.7 Å². The summed E-state index contributed by atoms with van der Waals surface area (Å²) in [5.41, 5.74) is 1.93. The third kappa shape index (κ3) is 3.82. The molecule has 1 heterocycles. The summed E-state index contributed by atoms with van der Waals surface area (Å²) in [7, 11) is -1.59. The topological polar surface area (TPSA) is 49.4 Å². The van der Waals surface area contributed by atoms with E-state index >= 15 is 0 Å². The first-order valence-corrected chi connectivity index (χ1v) is 10.2. The summed E-state index contributed by atoms with van der Waals surface area (Å²) in [4.78, 5) is 0.381. The molecule has 4 nitrogen and oxygen atoms in total. The van der Waals surface area contributed by atoms with Gasteiger partial charge in [-0.3, -0.25) is 0 Å². The minimum absolute atomic E-state index is 0.342. The number of rotatable bonds is 4. The van der Waals surface area contributed by atoms with Crippen LogP contribution in [0.5, 0.6) is 0 Å². The van der Waals surface area contributed by atoms with Crippen molar-refractivity contribution < 1.29 is 8.42 Å². The number of hydrogen-bond acceptors (Lipinski definition) is 4. The minimum atomic E-state index is -3.44. The highest BCUT2D eigenvalue weighted by atomic mass is 79.9. The van der Waals surface area contributed by atoms with Crippen LogP contribution in [0.15, 0.2) is 21.5 Å². The lowest BCUT2D eigenvalue weighted by atomic mass is 10.1. The van der Waals surface area contributed by atoms with Crippen molar-refractivity contribution in [1.82, 2.24) is 9.62 Å². The van der Waals surface area contributed by atoms with Gasteiger partial charge in [0.15, 0.2) is 0 Å². The number of halogens is 1. The Morgan fingerprint density at radius 1 is 1.48 bits per heavy atom. The van der Waals surface area contributed by atoms with Crippen LogP contribution in [-0.2, 0) is 16.6 Å². The molecular weight excluding hydrogens is 372 g/mol. The molecule has 118 valence electrons. The molecule has 0 radical (unpaired) electrons. The van der Waals surface area contributed by atoms with Crippen molar-refractivity contribution in [1.29, 1.82) is 0 Å². The average molecular weight is 393 g/mol. The van der Waals surface area contributed by atoms with Crippen LogP contribution in [-0.4, -0.2) is 43.9 Å². The van der Waals surface area contributed by atoms with Crippen molar-refractivity contribution in [2.45, 2.75) is 30.5 Å². The number of sulfonamides is 1. The van der Waals surface area contributed by atoms with Crippen LogP contribution in [0.3, 0.4) is 0 Å². The van der Waals surface area contributed by atoms with E-state index in [1.165, 1.54) is 0 Å². The Bertz CT molecular complexity index is 620. The zero-order valence-electron chi connectivity index (χ0n) is 12.5. The summed E-state index contributed by atoms with van der Waals surface area (Å²) in [6, 6.07) is 3.78. The molecule has 1 atom stereocenters. The molecule has 1 N–H and O–H groups in total. The standard InChI is InChI=1S/C14H21BrN2O2S2/c1-10-6-12(8-16-3)7-13(14(10)15)21(18,19)17-4-5-20-11(2)9-17/h6-7,11,16H,4-5,8-9H2,1-3H3. The van der Waals surface area contributed by atoms with Crippen molar-refractivity contribution in [3.05, 3.63) is 27.7 Å². The molecule has 1 saturated heterocycles. The molecule has 0 aromatic heterocycles. The molecule has 1 unspecified atom stereocenters. The van der Waals surface area contributed by atoms with Crippen LogP contribution < -0.4 is 5.32 Å². The summed E-state index contributed by atoms with van der Waals surface area (Å²) in [5, 5.41) is 3.41. The SMILES string of the molecule is CNCc1cc(C)c(Br)c(S(=O)(=O)N2CCSC(C)C2)c1. The van der Waals surface area contributed by atoms with E-state index in [0.29, 0.717) is 34.3 Å². The van der Waals surface area contributed by atoms with E-state index in [1.54, 1.807) is 10.4 Å². The van der Waals surface area contributed by atoms with Gasteiger partial charge in [0.2, 0.25) is 10.0 Å². The molecule has 0 bridgehead atoms. The van der Waals surface area contributed by atoms with Crippen LogP contribution in [0, 0.1) is 6.92 Å². The maximum atomic E-state index is 12.9. The maximum absolute atomic E-state index is 12.9. The van der Waals surface area contributed by atoms with E-state index in [0.717, 1.165) is 16.9 Å². The smallest absolute Gasteiger partial charge is 0.244 e. The van der Waals surface area contributed by atoms with E-state index in [1.807, 2.05) is 31.8 Å². The first kappa shape index (κ1) is 17.3. The number of nitrogens with zero attached hydrogens (tertiary/aromatic N) is 1. The second kappa shape index (κ2) is 7.00. The molecule has 1 aliphatic heterocycles. The van der Waals surface area contributed by atoms with Crippen LogP contribution in [0.4, 0.5) is 0 Å². The van der Waals surface area contributed by atoms with Crippen molar-refractivity contribution in [3.63, 3.8) is 0 Å². The van der Waals surface area contributed by atoms with Gasteiger partial charge in [-0.25, -0.2) is 8.42 Å². The van der Waals surface area contributed by atoms with Gasteiger partial charge in [0.05, 0.1) is 4.90 Å². The number of aryl methyl sites for hydroxylation is 1. The van der Waals surface area contributed by atoms with Gasteiger partial charge in [0, 0.05) is 35.1 Å². The predicted molar refractivity (Wildman–Crippen MR) is 92.3 cm³/mol. The lowest BCUT2D eigenvalue weighted by Gasteiger charge is -2.30. The molecule has 1 aromatic rings. The fraction of sp³-hybridized carbons (Fsp3) is 0.571. The Morgan fingerprint density at radius 2 is 2.19 bits per heavy atom. The van der Waals surface area contributed by atoms with Gasteiger partial charge in [-0.15, -0.1) is 0 Å². The molecule has 0 spiro atoms. The second-order valence-corrected chi connectivity index (χ2v) is 9.55. The largest absolute Gasteiger partial charge is 0.316 e. The van der Waals surface area contributed by atoms with Gasteiger partial charge < -0.3 is 5.32 Å². The van der Waals surface area contributed by atoms with Crippen molar-refractivity contribution in [2.75, 3.05) is 25.9 Å². The lowest BCUT2D eigenvalue weighted by molar-refractivity contribution is 0.424. The highest BCUT2D eigenvalue weighted by molar-refractivity contribution is 9.10. The average Bonchev–Trinajstić information content (AvgIpc) is 2.42. The fourth-order valence-electron chi connectivity index (χ4n) is 2.45. The lowest BCUT2D eigenvalue weighted by Crippen LogP contribution is -2.41. The van der Waals surface area contributed by atoms with Crippen LogP contribution in [0.2, 0.25) is 0 Å². The Balaban J connectivity index is 2.43. The predicted octanol–water partition coefficient (Wildman–Crippen LogP) is 2.60. The van der Waals surface area contributed by atoms with E-state index in [9.17, 15) is 8.42 Å². The first-order chi connectivity index (χ1) is 9.86. The molecular formula is C14H21BrN2O2S2. The third-order valence-corrected chi connectivity index (χ3v) is 7.82. The highest BCUT2D eigenvalue weighted by Gasteiger charge is 2.31. The molecule has 21 heavy (non-hydrogen) atoms. The molecule has 0 aliphatic carbocycles. The normalized spacial score (nSPS) is 20.7.